The first kappa shape index (κ1) is 20.2. The summed E-state index contributed by atoms with van der Waals surface area (Å²) in [7, 11) is 0. The number of amides is 1. The predicted octanol–water partition coefficient (Wildman–Crippen LogP) is 3.10. The van der Waals surface area contributed by atoms with E-state index in [0.29, 0.717) is 18.9 Å². The van der Waals surface area contributed by atoms with Crippen LogP contribution < -0.4 is 16.4 Å². The van der Waals surface area contributed by atoms with Gasteiger partial charge in [-0.25, -0.2) is 0 Å². The molecule has 1 aromatic carbocycles. The molecule has 0 saturated carbocycles. The Morgan fingerprint density at radius 3 is 2.38 bits per heavy atom. The molecule has 0 unspecified atom stereocenters. The van der Waals surface area contributed by atoms with Gasteiger partial charge in [0, 0.05) is 22.1 Å². The summed E-state index contributed by atoms with van der Waals surface area (Å²) in [4.78, 5) is 15.8. The molecular formula is C14H22BrIN4O. The van der Waals surface area contributed by atoms with Gasteiger partial charge in [0.25, 0.3) is 0 Å². The number of anilines is 1. The third-order valence-electron chi connectivity index (χ3n) is 2.25. The van der Waals surface area contributed by atoms with Crippen LogP contribution in [0.4, 0.5) is 5.69 Å². The van der Waals surface area contributed by atoms with E-state index in [9.17, 15) is 4.79 Å². The molecule has 5 nitrogen and oxygen atoms in total. The van der Waals surface area contributed by atoms with Crippen LogP contribution in [-0.4, -0.2) is 24.0 Å². The van der Waals surface area contributed by atoms with Crippen LogP contribution in [0.25, 0.3) is 0 Å². The summed E-state index contributed by atoms with van der Waals surface area (Å²) in [5, 5.41) is 5.84. The van der Waals surface area contributed by atoms with Crippen molar-refractivity contribution in [3.8, 4) is 0 Å². The summed E-state index contributed by atoms with van der Waals surface area (Å²) in [5.41, 5.74) is 6.35. The SMILES string of the molecule is CC(C)(C)NC(N)=NCCC(=O)Nc1ccc(Br)cc1.I. The molecule has 0 fully saturated rings. The molecule has 0 aromatic heterocycles. The Balaban J connectivity index is 0.00000400. The van der Waals surface area contributed by atoms with Gasteiger partial charge in [0.05, 0.1) is 6.54 Å². The van der Waals surface area contributed by atoms with Crippen molar-refractivity contribution in [2.45, 2.75) is 32.7 Å². The highest BCUT2D eigenvalue weighted by atomic mass is 127. The van der Waals surface area contributed by atoms with Crippen LogP contribution in [0.3, 0.4) is 0 Å². The van der Waals surface area contributed by atoms with Crippen LogP contribution in [0.5, 0.6) is 0 Å². The number of carbonyl (C=O) groups is 1. The fourth-order valence-electron chi connectivity index (χ4n) is 1.46. The number of hydrogen-bond acceptors (Lipinski definition) is 2. The molecule has 0 saturated heterocycles. The molecule has 1 amide bonds. The molecule has 0 aliphatic rings. The van der Waals surface area contributed by atoms with Crippen molar-refractivity contribution in [2.75, 3.05) is 11.9 Å². The molecule has 1 rings (SSSR count). The second kappa shape index (κ2) is 9.24. The van der Waals surface area contributed by atoms with E-state index in [-0.39, 0.29) is 35.4 Å². The Morgan fingerprint density at radius 1 is 1.29 bits per heavy atom. The Morgan fingerprint density at radius 2 is 1.86 bits per heavy atom. The fraction of sp³-hybridized carbons (Fsp3) is 0.429. The summed E-state index contributed by atoms with van der Waals surface area (Å²) in [6.45, 7) is 6.35. The average Bonchev–Trinajstić information content (AvgIpc) is 2.29. The van der Waals surface area contributed by atoms with E-state index in [1.807, 2.05) is 45.0 Å². The maximum Gasteiger partial charge on any atom is 0.226 e. The van der Waals surface area contributed by atoms with E-state index in [1.165, 1.54) is 0 Å². The number of hydrogen-bond donors (Lipinski definition) is 3. The molecule has 0 heterocycles. The van der Waals surface area contributed by atoms with Gasteiger partial charge in [0.15, 0.2) is 5.96 Å². The monoisotopic (exact) mass is 468 g/mol. The van der Waals surface area contributed by atoms with E-state index < -0.39 is 0 Å². The third-order valence-corrected chi connectivity index (χ3v) is 2.78. The number of nitrogens with two attached hydrogens (primary N) is 1. The Hall–Kier alpha value is -0.830. The van der Waals surface area contributed by atoms with Gasteiger partial charge in [0.1, 0.15) is 0 Å². The highest BCUT2D eigenvalue weighted by Crippen LogP contribution is 2.14. The van der Waals surface area contributed by atoms with E-state index in [1.54, 1.807) is 0 Å². The van der Waals surface area contributed by atoms with Gasteiger partial charge in [-0.05, 0) is 45.0 Å². The highest BCUT2D eigenvalue weighted by Gasteiger charge is 2.09. The van der Waals surface area contributed by atoms with Crippen molar-refractivity contribution in [1.82, 2.24) is 5.32 Å². The van der Waals surface area contributed by atoms with Gasteiger partial charge in [-0.1, -0.05) is 15.9 Å². The minimum absolute atomic E-state index is 0. The zero-order chi connectivity index (χ0) is 15.2. The summed E-state index contributed by atoms with van der Waals surface area (Å²) >= 11 is 3.34. The summed E-state index contributed by atoms with van der Waals surface area (Å²) < 4.78 is 0.973. The standard InChI is InChI=1S/C14H21BrN4O.HI/c1-14(2,3)19-13(16)17-9-8-12(20)18-11-6-4-10(15)5-7-11;/h4-7H,8-9H2,1-3H3,(H,18,20)(H3,16,17,19);1H. The van der Waals surface area contributed by atoms with Crippen LogP contribution >= 0.6 is 39.9 Å². The van der Waals surface area contributed by atoms with Crippen LogP contribution in [0.15, 0.2) is 33.7 Å². The molecule has 0 radical (unpaired) electrons. The van der Waals surface area contributed by atoms with E-state index in [0.717, 1.165) is 10.2 Å². The van der Waals surface area contributed by atoms with Gasteiger partial charge in [-0.2, -0.15) is 0 Å². The van der Waals surface area contributed by atoms with Crippen LogP contribution in [0.1, 0.15) is 27.2 Å². The second-order valence-electron chi connectivity index (χ2n) is 5.45. The average molecular weight is 469 g/mol. The van der Waals surface area contributed by atoms with Gasteiger partial charge in [0.2, 0.25) is 5.91 Å². The van der Waals surface area contributed by atoms with Gasteiger partial charge >= 0.3 is 0 Å². The minimum Gasteiger partial charge on any atom is -0.370 e. The normalized spacial score (nSPS) is 11.5. The zero-order valence-electron chi connectivity index (χ0n) is 12.4. The van der Waals surface area contributed by atoms with Gasteiger partial charge < -0.3 is 16.4 Å². The number of nitrogens with one attached hydrogen (secondary N) is 2. The third kappa shape index (κ3) is 9.67. The Kier molecular flexibility index (Phi) is 8.88. The van der Waals surface area contributed by atoms with E-state index in [4.69, 9.17) is 5.73 Å². The van der Waals surface area contributed by atoms with Gasteiger partial charge in [-0.3, -0.25) is 9.79 Å². The van der Waals surface area contributed by atoms with Crippen molar-refractivity contribution in [2.24, 2.45) is 10.7 Å². The first-order valence-electron chi connectivity index (χ1n) is 6.40. The fourth-order valence-corrected chi connectivity index (χ4v) is 1.72. The van der Waals surface area contributed by atoms with E-state index >= 15 is 0 Å². The number of rotatable bonds is 4. The first-order valence-corrected chi connectivity index (χ1v) is 7.19. The number of halogens is 2. The smallest absolute Gasteiger partial charge is 0.226 e. The molecule has 0 bridgehead atoms. The van der Waals surface area contributed by atoms with E-state index in [2.05, 4.69) is 31.6 Å². The summed E-state index contributed by atoms with van der Waals surface area (Å²) in [6, 6.07) is 7.42. The van der Waals surface area contributed by atoms with Crippen LogP contribution in [0.2, 0.25) is 0 Å². The number of aliphatic imine (C=N–C) groups is 1. The maximum atomic E-state index is 11.7. The molecule has 4 N–H and O–H groups in total. The summed E-state index contributed by atoms with van der Waals surface area (Å²) in [6.07, 6.45) is 0.294. The molecule has 7 heteroatoms. The predicted molar refractivity (Wildman–Crippen MR) is 102 cm³/mol. The number of benzene rings is 1. The molecular weight excluding hydrogens is 447 g/mol. The molecule has 0 aliphatic heterocycles. The van der Waals surface area contributed by atoms with Crippen LogP contribution in [-0.2, 0) is 4.79 Å². The Labute approximate surface area is 151 Å². The quantitative estimate of drug-likeness (QED) is 0.361. The zero-order valence-corrected chi connectivity index (χ0v) is 16.4. The van der Waals surface area contributed by atoms with Crippen molar-refractivity contribution in [1.29, 1.82) is 0 Å². The number of nitrogens with zero attached hydrogens (tertiary/aromatic N) is 1. The number of guanidine groups is 1. The highest BCUT2D eigenvalue weighted by molar-refractivity contribution is 14.0. The summed E-state index contributed by atoms with van der Waals surface area (Å²) in [5.74, 6) is 0.272. The Bertz CT molecular complexity index is 483. The molecule has 0 atom stereocenters. The topological polar surface area (TPSA) is 79.5 Å². The van der Waals surface area contributed by atoms with Crippen molar-refractivity contribution in [3.63, 3.8) is 0 Å². The number of carbonyl (C=O) groups excluding carboxylic acids is 1. The lowest BCUT2D eigenvalue weighted by Gasteiger charge is -2.20. The lowest BCUT2D eigenvalue weighted by Crippen LogP contribution is -2.45. The van der Waals surface area contributed by atoms with Crippen molar-refractivity contribution >= 4 is 57.5 Å². The van der Waals surface area contributed by atoms with Crippen LogP contribution in [0, 0.1) is 0 Å². The van der Waals surface area contributed by atoms with Crippen molar-refractivity contribution < 1.29 is 4.79 Å². The molecule has 118 valence electrons. The maximum absolute atomic E-state index is 11.7. The minimum atomic E-state index is -0.132. The molecule has 1 aromatic rings. The molecule has 0 spiro atoms. The lowest BCUT2D eigenvalue weighted by molar-refractivity contribution is -0.116. The molecule has 21 heavy (non-hydrogen) atoms. The van der Waals surface area contributed by atoms with Gasteiger partial charge in [-0.15, -0.1) is 24.0 Å². The van der Waals surface area contributed by atoms with Crippen molar-refractivity contribution in [3.05, 3.63) is 28.7 Å². The molecule has 0 aliphatic carbocycles. The first-order chi connectivity index (χ1) is 9.26. The lowest BCUT2D eigenvalue weighted by atomic mass is 10.1. The largest absolute Gasteiger partial charge is 0.370 e. The second-order valence-corrected chi connectivity index (χ2v) is 6.36.